The van der Waals surface area contributed by atoms with Gasteiger partial charge in [-0.05, 0) is 31.0 Å². The van der Waals surface area contributed by atoms with Crippen molar-refractivity contribution in [3.05, 3.63) is 97.8 Å². The molecule has 4 atom stereocenters. The Hall–Kier alpha value is -2.68. The average Bonchev–Trinajstić information content (AvgIpc) is 3.21. The maximum Gasteiger partial charge on any atom is 0.379 e. The predicted molar refractivity (Wildman–Crippen MR) is 131 cm³/mol. The molecule has 4 rings (SSSR count). The number of halogens is 1. The van der Waals surface area contributed by atoms with Crippen molar-refractivity contribution in [3.8, 4) is 5.75 Å². The van der Waals surface area contributed by atoms with Crippen LogP contribution >= 0.6 is 19.2 Å². The van der Waals surface area contributed by atoms with E-state index in [-0.39, 0.29) is 31.4 Å². The standard InChI is InChI=1S/C24H26ClN2O7P/c1-16-14-27(24(30)26-23(16)29)22-13-19(28)21(33-22)11-12-35(31,32-15-17-7-3-2-4-8-17)34-20-10-6-5-9-18(20)25/h2-10,14,19,21-22,28H,11-13,15H2,1H3,(H,26,29,30)/t19-,21+,22+,35?/m0/s1. The molecule has 0 radical (unpaired) electrons. The number of aromatic amines is 1. The van der Waals surface area contributed by atoms with E-state index >= 15 is 0 Å². The second kappa shape index (κ2) is 10.9. The van der Waals surface area contributed by atoms with Crippen LogP contribution in [0.4, 0.5) is 0 Å². The summed E-state index contributed by atoms with van der Waals surface area (Å²) in [5, 5.41) is 10.9. The second-order valence-electron chi connectivity index (χ2n) is 8.31. The van der Waals surface area contributed by atoms with Crippen molar-refractivity contribution in [1.82, 2.24) is 9.55 Å². The van der Waals surface area contributed by atoms with E-state index in [1.54, 1.807) is 31.2 Å². The highest BCUT2D eigenvalue weighted by Crippen LogP contribution is 2.51. The molecule has 0 bridgehead atoms. The first-order chi connectivity index (χ1) is 16.7. The molecule has 2 heterocycles. The Morgan fingerprint density at radius 1 is 1.17 bits per heavy atom. The molecule has 0 aliphatic carbocycles. The van der Waals surface area contributed by atoms with Crippen molar-refractivity contribution < 1.29 is 23.5 Å². The van der Waals surface area contributed by atoms with Crippen LogP contribution in [0.5, 0.6) is 5.75 Å². The van der Waals surface area contributed by atoms with Crippen LogP contribution < -0.4 is 15.8 Å². The monoisotopic (exact) mass is 520 g/mol. The third-order valence-electron chi connectivity index (χ3n) is 5.69. The van der Waals surface area contributed by atoms with Crippen LogP contribution in [0.1, 0.15) is 30.2 Å². The van der Waals surface area contributed by atoms with Crippen LogP contribution in [0, 0.1) is 6.92 Å². The minimum atomic E-state index is -3.72. The number of aliphatic hydroxyl groups is 1. The lowest BCUT2D eigenvalue weighted by atomic mass is 10.1. The molecule has 2 aromatic carbocycles. The molecule has 9 nitrogen and oxygen atoms in total. The van der Waals surface area contributed by atoms with Gasteiger partial charge in [0.15, 0.2) is 0 Å². The van der Waals surface area contributed by atoms with Crippen LogP contribution in [-0.2, 0) is 20.4 Å². The van der Waals surface area contributed by atoms with Crippen LogP contribution in [0.15, 0.2) is 70.4 Å². The molecular weight excluding hydrogens is 495 g/mol. The highest BCUT2D eigenvalue weighted by atomic mass is 35.5. The van der Waals surface area contributed by atoms with Crippen molar-refractivity contribution in [3.63, 3.8) is 0 Å². The predicted octanol–water partition coefficient (Wildman–Crippen LogP) is 4.03. The summed E-state index contributed by atoms with van der Waals surface area (Å²) >= 11 is 6.20. The molecule has 1 aromatic heterocycles. The molecule has 0 saturated carbocycles. The van der Waals surface area contributed by atoms with Crippen LogP contribution in [-0.4, -0.2) is 33.0 Å². The number of hydrogen-bond donors (Lipinski definition) is 2. The molecule has 186 valence electrons. The molecule has 35 heavy (non-hydrogen) atoms. The third kappa shape index (κ3) is 6.31. The minimum Gasteiger partial charge on any atom is -0.423 e. The molecule has 11 heteroatoms. The van der Waals surface area contributed by atoms with E-state index < -0.39 is 37.3 Å². The van der Waals surface area contributed by atoms with Gasteiger partial charge in [-0.2, -0.15) is 0 Å². The first kappa shape index (κ1) is 25.4. The lowest BCUT2D eigenvalue weighted by Gasteiger charge is -2.22. The van der Waals surface area contributed by atoms with Gasteiger partial charge in [-0.3, -0.25) is 18.9 Å². The second-order valence-corrected chi connectivity index (χ2v) is 10.8. The fraction of sp³-hybridized carbons (Fsp3) is 0.333. The molecule has 1 unspecified atom stereocenters. The van der Waals surface area contributed by atoms with Crippen molar-refractivity contribution in [2.45, 2.75) is 44.8 Å². The van der Waals surface area contributed by atoms with E-state index in [0.717, 1.165) is 5.56 Å². The Morgan fingerprint density at radius 2 is 1.89 bits per heavy atom. The van der Waals surface area contributed by atoms with Gasteiger partial charge in [-0.25, -0.2) is 9.36 Å². The first-order valence-electron chi connectivity index (χ1n) is 11.1. The van der Waals surface area contributed by atoms with Crippen LogP contribution in [0.3, 0.4) is 0 Å². The Balaban J connectivity index is 1.48. The van der Waals surface area contributed by atoms with Crippen molar-refractivity contribution >= 4 is 19.2 Å². The summed E-state index contributed by atoms with van der Waals surface area (Å²) in [4.78, 5) is 26.1. The zero-order chi connectivity index (χ0) is 25.0. The smallest absolute Gasteiger partial charge is 0.379 e. The van der Waals surface area contributed by atoms with Gasteiger partial charge in [0.2, 0.25) is 0 Å². The Kier molecular flexibility index (Phi) is 7.94. The maximum atomic E-state index is 13.7. The van der Waals surface area contributed by atoms with Crippen LogP contribution in [0.25, 0.3) is 0 Å². The number of hydrogen-bond acceptors (Lipinski definition) is 7. The van der Waals surface area contributed by atoms with Gasteiger partial charge >= 0.3 is 13.3 Å². The quantitative estimate of drug-likeness (QED) is 0.409. The van der Waals surface area contributed by atoms with Crippen LogP contribution in [0.2, 0.25) is 5.02 Å². The molecule has 0 spiro atoms. The van der Waals surface area contributed by atoms with Gasteiger partial charge in [0, 0.05) is 18.2 Å². The van der Waals surface area contributed by atoms with Gasteiger partial charge in [-0.15, -0.1) is 0 Å². The first-order valence-corrected chi connectivity index (χ1v) is 13.2. The lowest BCUT2D eigenvalue weighted by Crippen LogP contribution is -2.33. The molecule has 3 aromatic rings. The van der Waals surface area contributed by atoms with Gasteiger partial charge in [0.05, 0.1) is 30.0 Å². The van der Waals surface area contributed by atoms with Crippen molar-refractivity contribution in [1.29, 1.82) is 0 Å². The van der Waals surface area contributed by atoms with E-state index in [2.05, 4.69) is 4.98 Å². The lowest BCUT2D eigenvalue weighted by molar-refractivity contribution is -0.0220. The molecule has 1 aliphatic heterocycles. The molecule has 1 aliphatic rings. The number of H-pyrrole nitrogens is 1. The Bertz CT molecular complexity index is 1330. The van der Waals surface area contributed by atoms with E-state index in [1.165, 1.54) is 10.8 Å². The number of benzene rings is 2. The number of ether oxygens (including phenoxy) is 1. The SMILES string of the molecule is Cc1cn([C@H]2C[C@H](O)[C@@H](CCP(=O)(OCc3ccccc3)Oc3ccccc3Cl)O2)c(=O)[nH]c1=O. The number of aliphatic hydroxyl groups excluding tert-OH is 1. The number of aryl methyl sites for hydroxylation is 1. The van der Waals surface area contributed by atoms with Gasteiger partial charge in [-0.1, -0.05) is 54.1 Å². The summed E-state index contributed by atoms with van der Waals surface area (Å²) in [6, 6.07) is 15.9. The van der Waals surface area contributed by atoms with Crippen molar-refractivity contribution in [2.75, 3.05) is 6.16 Å². The third-order valence-corrected chi connectivity index (χ3v) is 7.81. The average molecular weight is 521 g/mol. The van der Waals surface area contributed by atoms with Gasteiger partial charge in [0.1, 0.15) is 12.0 Å². The highest BCUT2D eigenvalue weighted by molar-refractivity contribution is 7.54. The zero-order valence-corrected chi connectivity index (χ0v) is 20.7. The van der Waals surface area contributed by atoms with E-state index in [9.17, 15) is 19.3 Å². The Morgan fingerprint density at radius 3 is 2.63 bits per heavy atom. The molecule has 1 saturated heterocycles. The summed E-state index contributed by atoms with van der Waals surface area (Å²) in [6.07, 6.45) is -0.784. The number of rotatable bonds is 9. The summed E-state index contributed by atoms with van der Waals surface area (Å²) in [5.74, 6) is 0.228. The van der Waals surface area contributed by atoms with Gasteiger partial charge < -0.3 is 14.4 Å². The molecule has 2 N–H and O–H groups in total. The number of nitrogens with one attached hydrogen (secondary N) is 1. The van der Waals surface area contributed by atoms with Gasteiger partial charge in [0.25, 0.3) is 5.56 Å². The molecular formula is C24H26ClN2O7P. The zero-order valence-electron chi connectivity index (χ0n) is 19.0. The minimum absolute atomic E-state index is 0.0565. The van der Waals surface area contributed by atoms with E-state index in [0.29, 0.717) is 10.6 Å². The summed E-state index contributed by atoms with van der Waals surface area (Å²) in [5.41, 5.74) is 0.0607. The fourth-order valence-corrected chi connectivity index (χ4v) is 5.66. The number of para-hydroxylation sites is 1. The van der Waals surface area contributed by atoms with E-state index in [4.69, 9.17) is 25.4 Å². The fourth-order valence-electron chi connectivity index (χ4n) is 3.78. The number of aromatic nitrogens is 2. The highest BCUT2D eigenvalue weighted by Gasteiger charge is 2.38. The van der Waals surface area contributed by atoms with E-state index in [1.807, 2.05) is 30.3 Å². The number of nitrogens with zero attached hydrogens (tertiary/aromatic N) is 1. The normalized spacial score (nSPS) is 21.5. The Labute approximate surface area is 206 Å². The largest absolute Gasteiger partial charge is 0.423 e. The molecule has 0 amide bonds. The maximum absolute atomic E-state index is 13.7. The topological polar surface area (TPSA) is 120 Å². The molecule has 1 fully saturated rings. The summed E-state index contributed by atoms with van der Waals surface area (Å²) in [6.45, 7) is 1.63. The summed E-state index contributed by atoms with van der Waals surface area (Å²) in [7, 11) is -3.72. The summed E-state index contributed by atoms with van der Waals surface area (Å²) < 4.78 is 32.4. The van der Waals surface area contributed by atoms with Crippen molar-refractivity contribution in [2.24, 2.45) is 0 Å².